The number of nitrogens with one attached hydrogen (secondary N) is 1. The summed E-state index contributed by atoms with van der Waals surface area (Å²) in [4.78, 5) is 76.4. The third kappa shape index (κ3) is 15.3. The lowest BCUT2D eigenvalue weighted by atomic mass is 9.82. The summed E-state index contributed by atoms with van der Waals surface area (Å²) in [5, 5.41) is 5.32. The second-order valence-corrected chi connectivity index (χ2v) is 17.9. The van der Waals surface area contributed by atoms with Crippen LogP contribution in [0.3, 0.4) is 0 Å². The number of anilines is 1. The van der Waals surface area contributed by atoms with Gasteiger partial charge in [0.05, 0.1) is 18.6 Å². The number of piperidine rings is 1. The van der Waals surface area contributed by atoms with Crippen LogP contribution in [0.5, 0.6) is 0 Å². The van der Waals surface area contributed by atoms with Gasteiger partial charge in [0.2, 0.25) is 5.91 Å². The Morgan fingerprint density at radius 2 is 1.68 bits per heavy atom. The number of benzene rings is 1. The van der Waals surface area contributed by atoms with Crippen molar-refractivity contribution in [3.8, 4) is 0 Å². The average molecular weight is 842 g/mol. The van der Waals surface area contributed by atoms with Crippen molar-refractivity contribution in [3.05, 3.63) is 45.9 Å². The molecule has 13 nitrogen and oxygen atoms in total. The minimum Gasteiger partial charge on any atom is -0.466 e. The third-order valence-electron chi connectivity index (χ3n) is 11.5. The Bertz CT molecular complexity index is 1650. The maximum absolute atomic E-state index is 14.9. The van der Waals surface area contributed by atoms with Gasteiger partial charge in [0.25, 0.3) is 5.91 Å². The minimum atomic E-state index is -0.607. The second kappa shape index (κ2) is 24.4. The molecule has 1 unspecified atom stereocenters. The number of methoxy groups -OCH3 is 1. The van der Waals surface area contributed by atoms with Crippen molar-refractivity contribution in [2.24, 2.45) is 29.6 Å². The summed E-state index contributed by atoms with van der Waals surface area (Å²) in [7, 11) is 3.54. The molecule has 2 heterocycles. The van der Waals surface area contributed by atoms with E-state index in [1.165, 1.54) is 11.3 Å². The summed E-state index contributed by atoms with van der Waals surface area (Å²) in [6, 6.07) is 6.32. The van der Waals surface area contributed by atoms with Crippen molar-refractivity contribution in [2.45, 2.75) is 137 Å². The van der Waals surface area contributed by atoms with Gasteiger partial charge >= 0.3 is 11.9 Å². The average Bonchev–Trinajstić information content (AvgIpc) is 3.69. The third-order valence-corrected chi connectivity index (χ3v) is 12.4. The van der Waals surface area contributed by atoms with Gasteiger partial charge in [-0.3, -0.25) is 28.9 Å². The molecular formula is C45H71N5O8S. The van der Waals surface area contributed by atoms with Gasteiger partial charge in [0.15, 0.2) is 12.5 Å². The molecule has 1 aromatic carbocycles. The lowest BCUT2D eigenvalue weighted by Gasteiger charge is -2.39. The van der Waals surface area contributed by atoms with E-state index in [0.717, 1.165) is 31.4 Å². The number of hydrogen-bond donors (Lipinski definition) is 2. The number of Topliss-reactive ketones (excluding diaryl/α,β-unsaturated/α-hetero) is 1. The number of thiazole rings is 1. The first-order valence-corrected chi connectivity index (χ1v) is 22.4. The number of hydrogen-bond acceptors (Lipinski definition) is 12. The van der Waals surface area contributed by atoms with Crippen molar-refractivity contribution in [3.63, 3.8) is 0 Å². The summed E-state index contributed by atoms with van der Waals surface area (Å²) in [6.45, 7) is 16.3. The van der Waals surface area contributed by atoms with Gasteiger partial charge in [-0.2, -0.15) is 0 Å². The number of nitrogens with zero attached hydrogens (tertiary/aromatic N) is 3. The molecule has 1 fully saturated rings. The molecule has 1 saturated heterocycles. The van der Waals surface area contributed by atoms with Gasteiger partial charge in [-0.05, 0) is 81.6 Å². The second-order valence-electron chi connectivity index (χ2n) is 17.1. The topological polar surface area (TPSA) is 170 Å². The molecule has 3 N–H and O–H groups in total. The molecule has 7 atom stereocenters. The van der Waals surface area contributed by atoms with Crippen molar-refractivity contribution in [1.29, 1.82) is 0 Å². The molecule has 0 bridgehead atoms. The van der Waals surface area contributed by atoms with Gasteiger partial charge in [-0.1, -0.05) is 73.4 Å². The molecule has 1 aromatic heterocycles. The van der Waals surface area contributed by atoms with Crippen molar-refractivity contribution < 1.29 is 38.2 Å². The van der Waals surface area contributed by atoms with Gasteiger partial charge < -0.3 is 30.2 Å². The molecule has 1 aliphatic heterocycles. The highest BCUT2D eigenvalue weighted by atomic mass is 32.1. The molecule has 0 aliphatic carbocycles. The van der Waals surface area contributed by atoms with Crippen LogP contribution in [0, 0.1) is 29.6 Å². The first kappa shape index (κ1) is 49.5. The lowest BCUT2D eigenvalue weighted by Crippen LogP contribution is -2.50. The quantitative estimate of drug-likeness (QED) is 0.0621. The summed E-state index contributed by atoms with van der Waals surface area (Å²) >= 11 is 1.28. The number of nitrogen functional groups attached to an aromatic ring is 1. The number of ketones is 1. The number of likely N-dealkylation sites (N-methyl/N-ethyl adjacent to an activating group) is 1. The Labute approximate surface area is 356 Å². The van der Waals surface area contributed by atoms with Gasteiger partial charge in [0.1, 0.15) is 16.8 Å². The molecule has 1 aliphatic rings. The van der Waals surface area contributed by atoms with E-state index in [0.29, 0.717) is 36.4 Å². The zero-order valence-electron chi connectivity index (χ0n) is 37.2. The number of likely N-dealkylation sites (tertiary alicyclic amines) is 1. The summed E-state index contributed by atoms with van der Waals surface area (Å²) in [6.07, 6.45) is 4.35. The van der Waals surface area contributed by atoms with E-state index in [1.54, 1.807) is 43.4 Å². The number of carbonyl (C=O) groups is 5. The standard InChI is InChI=1S/C45H71N5O8S/c1-11-30(7)35(24-39(51)37-15-13-14-20-49(37)9)44(54)50(27-58-41(52)21-28(3)4)38(29(5)6)25-40(56-10)43-48-36(26-59-43)42(53)47-34(22-31(8)45(55)57-12-2)23-32-16-18-33(46)19-17-32/h16-19,26,28-31,34-35,37-38,40H,11-15,20-25,27,46H2,1-10H3,(H,47,53)/t30-,31?,34+,35-,37+,38+,40+/m0/s1. The SMILES string of the molecule is CCOC(=O)C(C)C[C@H](Cc1ccc(N)cc1)NC(=O)c1csc([C@@H](C[C@H](C(C)C)N(COC(=O)CC(C)C)C(=O)[C@@H](CC(=O)[C@H]2CCCCN2C)[C@@H](C)CC)OC)n1. The highest BCUT2D eigenvalue weighted by Crippen LogP contribution is 2.33. The molecule has 14 heteroatoms. The molecule has 330 valence electrons. The fourth-order valence-electron chi connectivity index (χ4n) is 7.74. The number of amides is 2. The highest BCUT2D eigenvalue weighted by Gasteiger charge is 2.39. The van der Waals surface area contributed by atoms with Crippen LogP contribution < -0.4 is 11.1 Å². The van der Waals surface area contributed by atoms with Crippen LogP contribution in [0.4, 0.5) is 5.69 Å². The number of esters is 2. The summed E-state index contributed by atoms with van der Waals surface area (Å²) in [5.41, 5.74) is 7.69. The number of ether oxygens (including phenoxy) is 3. The Hall–Kier alpha value is -3.88. The van der Waals surface area contributed by atoms with E-state index >= 15 is 0 Å². The first-order valence-electron chi connectivity index (χ1n) is 21.5. The first-order chi connectivity index (χ1) is 28.0. The number of rotatable bonds is 24. The van der Waals surface area contributed by atoms with Gasteiger partial charge in [0, 0.05) is 55.4 Å². The lowest BCUT2D eigenvalue weighted by molar-refractivity contribution is -0.161. The zero-order valence-corrected chi connectivity index (χ0v) is 38.0. The maximum Gasteiger partial charge on any atom is 0.308 e. The Morgan fingerprint density at radius 3 is 2.27 bits per heavy atom. The van der Waals surface area contributed by atoms with E-state index in [4.69, 9.17) is 24.9 Å². The smallest absolute Gasteiger partial charge is 0.308 e. The molecule has 3 rings (SSSR count). The predicted molar refractivity (Wildman–Crippen MR) is 231 cm³/mol. The normalized spacial score (nSPS) is 17.7. The molecule has 0 spiro atoms. The van der Waals surface area contributed by atoms with Crippen LogP contribution in [0.2, 0.25) is 0 Å². The van der Waals surface area contributed by atoms with Gasteiger partial charge in [-0.25, -0.2) is 4.98 Å². The van der Waals surface area contributed by atoms with Crippen LogP contribution in [-0.2, 0) is 39.8 Å². The van der Waals surface area contributed by atoms with Crippen molar-refractivity contribution >= 4 is 46.6 Å². The van der Waals surface area contributed by atoms with Gasteiger partial charge in [-0.15, -0.1) is 11.3 Å². The predicted octanol–water partition coefficient (Wildman–Crippen LogP) is 7.24. The molecule has 2 amide bonds. The maximum atomic E-state index is 14.9. The molecule has 2 aromatic rings. The Kier molecular flexibility index (Phi) is 20.5. The monoisotopic (exact) mass is 842 g/mol. The van der Waals surface area contributed by atoms with Crippen LogP contribution >= 0.6 is 11.3 Å². The van der Waals surface area contributed by atoms with Crippen LogP contribution in [0.25, 0.3) is 0 Å². The summed E-state index contributed by atoms with van der Waals surface area (Å²) in [5.74, 6) is -2.44. The zero-order chi connectivity index (χ0) is 43.8. The fraction of sp³-hybridized carbons (Fsp3) is 0.689. The Morgan fingerprint density at radius 1 is 0.983 bits per heavy atom. The molecule has 0 radical (unpaired) electrons. The minimum absolute atomic E-state index is 0.0677. The van der Waals surface area contributed by atoms with E-state index in [9.17, 15) is 24.0 Å². The van der Waals surface area contributed by atoms with Crippen molar-refractivity contribution in [1.82, 2.24) is 20.1 Å². The summed E-state index contributed by atoms with van der Waals surface area (Å²) < 4.78 is 17.1. The molecule has 59 heavy (non-hydrogen) atoms. The van der Waals surface area contributed by atoms with Crippen LogP contribution in [0.1, 0.15) is 134 Å². The van der Waals surface area contributed by atoms with E-state index < -0.39 is 41.9 Å². The highest BCUT2D eigenvalue weighted by molar-refractivity contribution is 7.09. The molecular weight excluding hydrogens is 771 g/mol. The molecule has 0 saturated carbocycles. The largest absolute Gasteiger partial charge is 0.466 e. The fourth-order valence-corrected chi connectivity index (χ4v) is 8.62. The van der Waals surface area contributed by atoms with E-state index in [2.05, 4.69) is 10.2 Å². The van der Waals surface area contributed by atoms with Crippen LogP contribution in [-0.4, -0.2) is 96.5 Å². The Balaban J connectivity index is 1.90. The van der Waals surface area contributed by atoms with Crippen LogP contribution in [0.15, 0.2) is 29.6 Å². The van der Waals surface area contributed by atoms with E-state index in [-0.39, 0.29) is 73.3 Å². The number of carbonyl (C=O) groups excluding carboxylic acids is 5. The number of nitrogens with two attached hydrogens (primary N) is 1. The van der Waals surface area contributed by atoms with E-state index in [1.807, 2.05) is 60.7 Å². The van der Waals surface area contributed by atoms with Crippen molar-refractivity contribution in [2.75, 3.05) is 39.8 Å². The number of aromatic nitrogens is 1.